The Kier molecular flexibility index (Phi) is 6.16. The third kappa shape index (κ3) is 4.77. The number of anilines is 1. The number of sulfonamides is 1. The summed E-state index contributed by atoms with van der Waals surface area (Å²) in [5, 5.41) is 3.49. The molecule has 1 fully saturated rings. The van der Waals surface area contributed by atoms with E-state index in [1.165, 1.54) is 0 Å². The van der Waals surface area contributed by atoms with Crippen molar-refractivity contribution >= 4 is 15.7 Å². The van der Waals surface area contributed by atoms with Gasteiger partial charge in [0.05, 0.1) is 11.5 Å². The molecular formula is C20H26N2O3S. The third-order valence-electron chi connectivity index (χ3n) is 4.64. The topological polar surface area (TPSA) is 67.4 Å². The SMILES string of the molecule is CCOc1ccc(N[C@@H]2CCCC[C@H]2NS(=O)(=O)c2ccccc2)cc1. The molecule has 0 unspecified atom stereocenters. The maximum Gasteiger partial charge on any atom is 0.240 e. The van der Waals surface area contributed by atoms with Gasteiger partial charge in [0.1, 0.15) is 5.75 Å². The van der Waals surface area contributed by atoms with Gasteiger partial charge < -0.3 is 10.1 Å². The quantitative estimate of drug-likeness (QED) is 0.774. The first-order valence-corrected chi connectivity index (χ1v) is 10.6. The monoisotopic (exact) mass is 374 g/mol. The van der Waals surface area contributed by atoms with Crippen LogP contribution in [0.1, 0.15) is 32.6 Å². The Hall–Kier alpha value is -2.05. The number of nitrogens with one attached hydrogen (secondary N) is 2. The minimum atomic E-state index is -3.51. The van der Waals surface area contributed by atoms with Gasteiger partial charge in [0.15, 0.2) is 0 Å². The lowest BCUT2D eigenvalue weighted by Gasteiger charge is -2.33. The molecule has 0 radical (unpaired) electrons. The van der Waals surface area contributed by atoms with Crippen molar-refractivity contribution in [3.63, 3.8) is 0 Å². The van der Waals surface area contributed by atoms with Crippen LogP contribution in [0.5, 0.6) is 5.75 Å². The molecule has 0 amide bonds. The minimum absolute atomic E-state index is 0.0696. The zero-order valence-corrected chi connectivity index (χ0v) is 15.8. The average molecular weight is 375 g/mol. The molecule has 0 aliphatic heterocycles. The molecule has 0 heterocycles. The molecule has 26 heavy (non-hydrogen) atoms. The predicted molar refractivity (Wildman–Crippen MR) is 104 cm³/mol. The highest BCUT2D eigenvalue weighted by atomic mass is 32.2. The first-order valence-electron chi connectivity index (χ1n) is 9.15. The van der Waals surface area contributed by atoms with E-state index in [-0.39, 0.29) is 12.1 Å². The van der Waals surface area contributed by atoms with Gasteiger partial charge in [0.25, 0.3) is 0 Å². The van der Waals surface area contributed by atoms with E-state index >= 15 is 0 Å². The van der Waals surface area contributed by atoms with Crippen LogP contribution in [-0.2, 0) is 10.0 Å². The second kappa shape index (κ2) is 8.56. The smallest absolute Gasteiger partial charge is 0.240 e. The van der Waals surface area contributed by atoms with Gasteiger partial charge in [-0.25, -0.2) is 13.1 Å². The highest BCUT2D eigenvalue weighted by molar-refractivity contribution is 7.89. The fraction of sp³-hybridized carbons (Fsp3) is 0.400. The highest BCUT2D eigenvalue weighted by Crippen LogP contribution is 2.25. The Bertz CT molecular complexity index is 792. The van der Waals surface area contributed by atoms with Gasteiger partial charge in [-0.1, -0.05) is 31.0 Å². The number of hydrogen-bond donors (Lipinski definition) is 2. The molecule has 140 valence electrons. The van der Waals surface area contributed by atoms with Crippen molar-refractivity contribution in [1.82, 2.24) is 4.72 Å². The van der Waals surface area contributed by atoms with Crippen molar-refractivity contribution in [2.45, 2.75) is 49.6 Å². The molecule has 0 spiro atoms. The van der Waals surface area contributed by atoms with Crippen molar-refractivity contribution in [2.75, 3.05) is 11.9 Å². The number of ether oxygens (including phenoxy) is 1. The predicted octanol–water partition coefficient (Wildman–Crippen LogP) is 3.79. The van der Waals surface area contributed by atoms with E-state index in [1.807, 2.05) is 37.3 Å². The fourth-order valence-electron chi connectivity index (χ4n) is 3.34. The van der Waals surface area contributed by atoms with E-state index in [0.29, 0.717) is 11.5 Å². The summed E-state index contributed by atoms with van der Waals surface area (Å²) < 4.78 is 33.7. The molecule has 2 aromatic carbocycles. The maximum absolute atomic E-state index is 12.7. The van der Waals surface area contributed by atoms with Crippen molar-refractivity contribution < 1.29 is 13.2 Å². The van der Waals surface area contributed by atoms with Crippen molar-refractivity contribution in [3.05, 3.63) is 54.6 Å². The second-order valence-electron chi connectivity index (χ2n) is 6.53. The van der Waals surface area contributed by atoms with E-state index < -0.39 is 10.0 Å². The Labute approximate surface area is 155 Å². The lowest BCUT2D eigenvalue weighted by atomic mass is 9.91. The Balaban J connectivity index is 1.69. The molecule has 2 atom stereocenters. The zero-order chi connectivity index (χ0) is 18.4. The first kappa shape index (κ1) is 18.7. The Morgan fingerprint density at radius 3 is 2.27 bits per heavy atom. The lowest BCUT2D eigenvalue weighted by molar-refractivity contribution is 0.340. The third-order valence-corrected chi connectivity index (χ3v) is 6.15. The standard InChI is InChI=1S/C20H26N2O3S/c1-2-25-17-14-12-16(13-15-17)21-19-10-6-7-11-20(19)22-26(23,24)18-8-4-3-5-9-18/h3-5,8-9,12-15,19-22H,2,6-7,10-11H2,1H3/t19-,20-/m1/s1. The molecule has 3 rings (SSSR count). The van der Waals surface area contributed by atoms with Crippen LogP contribution in [0.25, 0.3) is 0 Å². The summed E-state index contributed by atoms with van der Waals surface area (Å²) in [5.41, 5.74) is 0.976. The van der Waals surface area contributed by atoms with Crippen LogP contribution in [0, 0.1) is 0 Å². The molecule has 6 heteroatoms. The van der Waals surface area contributed by atoms with Gasteiger partial charge in [0.2, 0.25) is 10.0 Å². The van der Waals surface area contributed by atoms with Crippen LogP contribution < -0.4 is 14.8 Å². The number of benzene rings is 2. The van der Waals surface area contributed by atoms with Gasteiger partial charge in [0, 0.05) is 17.8 Å². The summed E-state index contributed by atoms with van der Waals surface area (Å²) in [7, 11) is -3.51. The van der Waals surface area contributed by atoms with Gasteiger partial charge in [-0.3, -0.25) is 0 Å². The summed E-state index contributed by atoms with van der Waals surface area (Å²) in [6, 6.07) is 16.3. The average Bonchev–Trinajstić information content (AvgIpc) is 2.66. The molecule has 0 aromatic heterocycles. The van der Waals surface area contributed by atoms with Gasteiger partial charge in [-0.15, -0.1) is 0 Å². The van der Waals surface area contributed by atoms with E-state index in [0.717, 1.165) is 37.1 Å². The molecule has 1 aliphatic rings. The minimum Gasteiger partial charge on any atom is -0.494 e. The molecule has 1 saturated carbocycles. The van der Waals surface area contributed by atoms with Gasteiger partial charge >= 0.3 is 0 Å². The summed E-state index contributed by atoms with van der Waals surface area (Å²) >= 11 is 0. The number of hydrogen-bond acceptors (Lipinski definition) is 4. The molecule has 2 N–H and O–H groups in total. The fourth-order valence-corrected chi connectivity index (χ4v) is 4.67. The molecule has 2 aromatic rings. The number of rotatable bonds is 7. The van der Waals surface area contributed by atoms with E-state index in [1.54, 1.807) is 24.3 Å². The van der Waals surface area contributed by atoms with Crippen molar-refractivity contribution in [3.8, 4) is 5.75 Å². The van der Waals surface area contributed by atoms with E-state index in [9.17, 15) is 8.42 Å². The van der Waals surface area contributed by atoms with Crippen LogP contribution in [0.3, 0.4) is 0 Å². The Morgan fingerprint density at radius 2 is 1.62 bits per heavy atom. The molecule has 1 aliphatic carbocycles. The summed E-state index contributed by atoms with van der Waals surface area (Å²) in [5.74, 6) is 0.836. The van der Waals surface area contributed by atoms with Crippen LogP contribution in [0.4, 0.5) is 5.69 Å². The van der Waals surface area contributed by atoms with Crippen LogP contribution in [0.2, 0.25) is 0 Å². The summed E-state index contributed by atoms with van der Waals surface area (Å²) in [4.78, 5) is 0.311. The van der Waals surface area contributed by atoms with Crippen LogP contribution in [0.15, 0.2) is 59.5 Å². The molecule has 5 nitrogen and oxygen atoms in total. The van der Waals surface area contributed by atoms with Gasteiger partial charge in [-0.2, -0.15) is 0 Å². The van der Waals surface area contributed by atoms with Crippen molar-refractivity contribution in [1.29, 1.82) is 0 Å². The largest absolute Gasteiger partial charge is 0.494 e. The summed E-state index contributed by atoms with van der Waals surface area (Å²) in [6.07, 6.45) is 3.90. The zero-order valence-electron chi connectivity index (χ0n) is 15.0. The van der Waals surface area contributed by atoms with Crippen molar-refractivity contribution in [2.24, 2.45) is 0 Å². The van der Waals surface area contributed by atoms with E-state index in [4.69, 9.17) is 4.74 Å². The normalized spacial score (nSPS) is 20.5. The first-order chi connectivity index (χ1) is 12.6. The lowest BCUT2D eigenvalue weighted by Crippen LogP contribution is -2.48. The van der Waals surface area contributed by atoms with Crippen LogP contribution >= 0.6 is 0 Å². The second-order valence-corrected chi connectivity index (χ2v) is 8.25. The molecule has 0 bridgehead atoms. The molecular weight excluding hydrogens is 348 g/mol. The van der Waals surface area contributed by atoms with Crippen LogP contribution in [-0.4, -0.2) is 27.1 Å². The highest BCUT2D eigenvalue weighted by Gasteiger charge is 2.29. The van der Waals surface area contributed by atoms with Gasteiger partial charge in [-0.05, 0) is 56.2 Å². The maximum atomic E-state index is 12.7. The summed E-state index contributed by atoms with van der Waals surface area (Å²) in [6.45, 7) is 2.59. The molecule has 0 saturated heterocycles. The Morgan fingerprint density at radius 1 is 0.962 bits per heavy atom. The van der Waals surface area contributed by atoms with E-state index in [2.05, 4.69) is 10.0 Å².